The smallest absolute Gasteiger partial charge is 0.224 e. The Kier molecular flexibility index (Phi) is 7.74. The molecule has 1 atom stereocenters. The van der Waals surface area contributed by atoms with Crippen LogP contribution in [0.3, 0.4) is 0 Å². The maximum absolute atomic E-state index is 12.0. The second-order valence-electron chi connectivity index (χ2n) is 5.45. The SMILES string of the molecule is CC[C@H](C)N(C)CCNC(=O)Cc1ccc(OC)c(OC)c1. The molecule has 124 valence electrons. The highest BCUT2D eigenvalue weighted by molar-refractivity contribution is 5.78. The fourth-order valence-electron chi connectivity index (χ4n) is 2.14. The van der Waals surface area contributed by atoms with E-state index in [1.54, 1.807) is 14.2 Å². The molecule has 1 N–H and O–H groups in total. The van der Waals surface area contributed by atoms with Gasteiger partial charge in [-0.1, -0.05) is 13.0 Å². The highest BCUT2D eigenvalue weighted by atomic mass is 16.5. The van der Waals surface area contributed by atoms with Crippen molar-refractivity contribution in [2.24, 2.45) is 0 Å². The molecule has 5 heteroatoms. The van der Waals surface area contributed by atoms with Crippen LogP contribution in [0.4, 0.5) is 0 Å². The number of benzene rings is 1. The monoisotopic (exact) mass is 308 g/mol. The molecule has 0 heterocycles. The highest BCUT2D eigenvalue weighted by Gasteiger charge is 2.09. The van der Waals surface area contributed by atoms with Crippen molar-refractivity contribution < 1.29 is 14.3 Å². The van der Waals surface area contributed by atoms with E-state index >= 15 is 0 Å². The van der Waals surface area contributed by atoms with Gasteiger partial charge in [0.1, 0.15) is 0 Å². The average molecular weight is 308 g/mol. The van der Waals surface area contributed by atoms with Gasteiger partial charge >= 0.3 is 0 Å². The van der Waals surface area contributed by atoms with E-state index < -0.39 is 0 Å². The largest absolute Gasteiger partial charge is 0.493 e. The van der Waals surface area contributed by atoms with Gasteiger partial charge < -0.3 is 19.7 Å². The van der Waals surface area contributed by atoms with Crippen molar-refractivity contribution in [2.75, 3.05) is 34.4 Å². The average Bonchev–Trinajstić information content (AvgIpc) is 2.53. The fraction of sp³-hybridized carbons (Fsp3) is 0.588. The summed E-state index contributed by atoms with van der Waals surface area (Å²) >= 11 is 0. The molecule has 0 spiro atoms. The zero-order valence-electron chi connectivity index (χ0n) is 14.3. The van der Waals surface area contributed by atoms with Crippen LogP contribution in [0.2, 0.25) is 0 Å². The predicted octanol–water partition coefficient (Wildman–Crippen LogP) is 2.09. The molecule has 0 saturated carbocycles. The van der Waals surface area contributed by atoms with E-state index in [0.29, 0.717) is 30.5 Å². The Balaban J connectivity index is 2.45. The van der Waals surface area contributed by atoms with E-state index in [1.165, 1.54) is 0 Å². The lowest BCUT2D eigenvalue weighted by Crippen LogP contribution is -2.37. The topological polar surface area (TPSA) is 50.8 Å². The summed E-state index contributed by atoms with van der Waals surface area (Å²) in [5, 5.41) is 2.95. The minimum absolute atomic E-state index is 0.0183. The standard InChI is InChI=1S/C17H28N2O3/c1-6-13(2)19(3)10-9-18-17(20)12-14-7-8-15(21-4)16(11-14)22-5/h7-8,11,13H,6,9-10,12H2,1-5H3,(H,18,20)/t13-/m0/s1. The van der Waals surface area contributed by atoms with Gasteiger partial charge in [-0.15, -0.1) is 0 Å². The molecule has 22 heavy (non-hydrogen) atoms. The number of ether oxygens (including phenoxy) is 2. The molecular weight excluding hydrogens is 280 g/mol. The summed E-state index contributed by atoms with van der Waals surface area (Å²) in [6.07, 6.45) is 1.45. The molecule has 1 aromatic carbocycles. The Morgan fingerprint density at radius 3 is 2.55 bits per heavy atom. The number of carbonyl (C=O) groups is 1. The zero-order valence-corrected chi connectivity index (χ0v) is 14.3. The Hall–Kier alpha value is -1.75. The first-order chi connectivity index (χ1) is 10.5. The predicted molar refractivity (Wildman–Crippen MR) is 88.6 cm³/mol. The molecule has 0 unspecified atom stereocenters. The lowest BCUT2D eigenvalue weighted by molar-refractivity contribution is -0.120. The van der Waals surface area contributed by atoms with Crippen molar-refractivity contribution in [3.8, 4) is 11.5 Å². The summed E-state index contributed by atoms with van der Waals surface area (Å²) in [7, 11) is 5.26. The molecule has 0 aliphatic carbocycles. The second-order valence-corrected chi connectivity index (χ2v) is 5.45. The van der Waals surface area contributed by atoms with Crippen LogP contribution in [-0.2, 0) is 11.2 Å². The van der Waals surface area contributed by atoms with Crippen LogP contribution in [0, 0.1) is 0 Å². The van der Waals surface area contributed by atoms with Crippen molar-refractivity contribution in [3.63, 3.8) is 0 Å². The molecule has 1 amide bonds. The lowest BCUT2D eigenvalue weighted by Gasteiger charge is -2.23. The molecule has 0 radical (unpaired) electrons. The summed E-state index contributed by atoms with van der Waals surface area (Å²) in [6, 6.07) is 6.07. The summed E-state index contributed by atoms with van der Waals surface area (Å²) in [5.41, 5.74) is 0.908. The van der Waals surface area contributed by atoms with E-state index in [0.717, 1.165) is 18.5 Å². The van der Waals surface area contributed by atoms with Crippen LogP contribution < -0.4 is 14.8 Å². The van der Waals surface area contributed by atoms with Crippen LogP contribution in [0.5, 0.6) is 11.5 Å². The van der Waals surface area contributed by atoms with Gasteiger partial charge in [0.2, 0.25) is 5.91 Å². The third-order valence-corrected chi connectivity index (χ3v) is 3.94. The van der Waals surface area contributed by atoms with Crippen molar-refractivity contribution >= 4 is 5.91 Å². The van der Waals surface area contributed by atoms with Crippen LogP contribution in [0.15, 0.2) is 18.2 Å². The van der Waals surface area contributed by atoms with Gasteiger partial charge in [-0.05, 0) is 38.1 Å². The first-order valence-corrected chi connectivity index (χ1v) is 7.69. The van der Waals surface area contributed by atoms with E-state index in [9.17, 15) is 4.79 Å². The number of nitrogens with one attached hydrogen (secondary N) is 1. The van der Waals surface area contributed by atoms with Gasteiger partial charge in [0.25, 0.3) is 0 Å². The van der Waals surface area contributed by atoms with Gasteiger partial charge in [-0.25, -0.2) is 0 Å². The first-order valence-electron chi connectivity index (χ1n) is 7.69. The van der Waals surface area contributed by atoms with Crippen molar-refractivity contribution in [2.45, 2.75) is 32.7 Å². The number of nitrogens with zero attached hydrogens (tertiary/aromatic N) is 1. The third kappa shape index (κ3) is 5.56. The van der Waals surface area contributed by atoms with E-state index in [4.69, 9.17) is 9.47 Å². The summed E-state index contributed by atoms with van der Waals surface area (Å²) < 4.78 is 10.4. The van der Waals surface area contributed by atoms with Crippen LogP contribution in [0.25, 0.3) is 0 Å². The van der Waals surface area contributed by atoms with Gasteiger partial charge in [-0.3, -0.25) is 4.79 Å². The Labute approximate surface area is 133 Å². The molecule has 0 aromatic heterocycles. The van der Waals surface area contributed by atoms with Gasteiger partial charge in [0.15, 0.2) is 11.5 Å². The molecule has 5 nitrogen and oxygen atoms in total. The van der Waals surface area contributed by atoms with Crippen LogP contribution in [0.1, 0.15) is 25.8 Å². The maximum atomic E-state index is 12.0. The Morgan fingerprint density at radius 1 is 1.27 bits per heavy atom. The Bertz CT molecular complexity index is 477. The molecular formula is C17H28N2O3. The highest BCUT2D eigenvalue weighted by Crippen LogP contribution is 2.27. The quantitative estimate of drug-likeness (QED) is 0.759. The summed E-state index contributed by atoms with van der Waals surface area (Å²) in [6.45, 7) is 5.86. The fourth-order valence-corrected chi connectivity index (χ4v) is 2.14. The number of methoxy groups -OCH3 is 2. The molecule has 0 bridgehead atoms. The molecule has 0 fully saturated rings. The van der Waals surface area contributed by atoms with E-state index in [2.05, 4.69) is 31.1 Å². The van der Waals surface area contributed by atoms with E-state index in [1.807, 2.05) is 18.2 Å². The summed E-state index contributed by atoms with van der Waals surface area (Å²) in [5.74, 6) is 1.33. The van der Waals surface area contributed by atoms with Gasteiger partial charge in [0, 0.05) is 19.1 Å². The first kappa shape index (κ1) is 18.3. The number of amides is 1. The normalized spacial score (nSPS) is 12.1. The number of hydrogen-bond acceptors (Lipinski definition) is 4. The number of rotatable bonds is 9. The third-order valence-electron chi connectivity index (χ3n) is 3.94. The van der Waals surface area contributed by atoms with Crippen molar-refractivity contribution in [3.05, 3.63) is 23.8 Å². The number of hydrogen-bond donors (Lipinski definition) is 1. The maximum Gasteiger partial charge on any atom is 0.224 e. The molecule has 1 rings (SSSR count). The second kappa shape index (κ2) is 9.30. The van der Waals surface area contributed by atoms with Crippen LogP contribution in [-0.4, -0.2) is 51.2 Å². The van der Waals surface area contributed by atoms with Crippen LogP contribution >= 0.6 is 0 Å². The minimum atomic E-state index is 0.0183. The molecule has 0 aliphatic rings. The van der Waals surface area contributed by atoms with Crippen molar-refractivity contribution in [1.82, 2.24) is 10.2 Å². The van der Waals surface area contributed by atoms with Gasteiger partial charge in [0.05, 0.1) is 20.6 Å². The number of likely N-dealkylation sites (N-methyl/N-ethyl adjacent to an activating group) is 1. The summed E-state index contributed by atoms with van der Waals surface area (Å²) in [4.78, 5) is 14.2. The number of carbonyl (C=O) groups excluding carboxylic acids is 1. The van der Waals surface area contributed by atoms with E-state index in [-0.39, 0.29) is 5.91 Å². The minimum Gasteiger partial charge on any atom is -0.493 e. The van der Waals surface area contributed by atoms with Gasteiger partial charge in [-0.2, -0.15) is 0 Å². The lowest BCUT2D eigenvalue weighted by atomic mass is 10.1. The van der Waals surface area contributed by atoms with Crippen molar-refractivity contribution in [1.29, 1.82) is 0 Å². The molecule has 0 saturated heterocycles. The molecule has 0 aliphatic heterocycles. The molecule has 1 aromatic rings. The Morgan fingerprint density at radius 2 is 1.95 bits per heavy atom. The zero-order chi connectivity index (χ0) is 16.5.